The highest BCUT2D eigenvalue weighted by Crippen LogP contribution is 2.25. The van der Waals surface area contributed by atoms with Gasteiger partial charge in [0.15, 0.2) is 0 Å². The number of hydrogen-bond donors (Lipinski definition) is 2. The van der Waals surface area contributed by atoms with E-state index in [2.05, 4.69) is 20.3 Å². The number of rotatable bonds is 3. The Labute approximate surface area is 144 Å². The third-order valence-electron chi connectivity index (χ3n) is 4.17. The number of aromatic amines is 1. The SMILES string of the molecule is Cc1ccncc1NC(=O)c1c[nH]c2ncc(-c3ccccc3)cc12. The first kappa shape index (κ1) is 15.1. The Morgan fingerprint density at radius 2 is 1.92 bits per heavy atom. The van der Waals surface area contributed by atoms with Crippen LogP contribution in [0, 0.1) is 6.92 Å². The van der Waals surface area contributed by atoms with Crippen molar-refractivity contribution in [3.63, 3.8) is 0 Å². The monoisotopic (exact) mass is 328 g/mol. The van der Waals surface area contributed by atoms with Crippen LogP contribution >= 0.6 is 0 Å². The summed E-state index contributed by atoms with van der Waals surface area (Å²) in [4.78, 5) is 24.3. The highest BCUT2D eigenvalue weighted by atomic mass is 16.1. The van der Waals surface area contributed by atoms with E-state index >= 15 is 0 Å². The van der Waals surface area contributed by atoms with Gasteiger partial charge in [0.1, 0.15) is 5.65 Å². The van der Waals surface area contributed by atoms with Crippen LogP contribution in [0.15, 0.2) is 67.3 Å². The number of carbonyl (C=O) groups excluding carboxylic acids is 1. The molecule has 3 heterocycles. The molecular formula is C20H16N4O. The molecule has 0 atom stereocenters. The number of aryl methyl sites for hydroxylation is 1. The molecule has 122 valence electrons. The van der Waals surface area contributed by atoms with Gasteiger partial charge in [-0.3, -0.25) is 9.78 Å². The molecule has 1 amide bonds. The molecule has 25 heavy (non-hydrogen) atoms. The molecular weight excluding hydrogens is 312 g/mol. The van der Waals surface area contributed by atoms with Gasteiger partial charge >= 0.3 is 0 Å². The zero-order chi connectivity index (χ0) is 17.2. The van der Waals surface area contributed by atoms with Crippen LogP contribution in [0.4, 0.5) is 5.69 Å². The number of hydrogen-bond acceptors (Lipinski definition) is 3. The first-order valence-electron chi connectivity index (χ1n) is 7.97. The number of carbonyl (C=O) groups is 1. The lowest BCUT2D eigenvalue weighted by Crippen LogP contribution is -2.12. The van der Waals surface area contributed by atoms with Crippen molar-refractivity contribution in [1.82, 2.24) is 15.0 Å². The number of pyridine rings is 2. The summed E-state index contributed by atoms with van der Waals surface area (Å²) in [6, 6.07) is 13.8. The summed E-state index contributed by atoms with van der Waals surface area (Å²) < 4.78 is 0. The van der Waals surface area contributed by atoms with Crippen LogP contribution in [0.25, 0.3) is 22.2 Å². The minimum atomic E-state index is -0.186. The molecule has 5 nitrogen and oxygen atoms in total. The molecule has 0 saturated carbocycles. The average Bonchev–Trinajstić information content (AvgIpc) is 3.07. The second kappa shape index (κ2) is 6.20. The summed E-state index contributed by atoms with van der Waals surface area (Å²) in [5.41, 5.74) is 4.95. The molecule has 1 aromatic carbocycles. The number of nitrogens with one attached hydrogen (secondary N) is 2. The van der Waals surface area contributed by atoms with E-state index in [4.69, 9.17) is 0 Å². The Kier molecular flexibility index (Phi) is 3.74. The van der Waals surface area contributed by atoms with Crippen LogP contribution in [-0.4, -0.2) is 20.9 Å². The Bertz CT molecular complexity index is 1050. The summed E-state index contributed by atoms with van der Waals surface area (Å²) in [7, 11) is 0. The van der Waals surface area contributed by atoms with E-state index in [-0.39, 0.29) is 5.91 Å². The van der Waals surface area contributed by atoms with Gasteiger partial charge in [-0.2, -0.15) is 0 Å². The molecule has 0 aliphatic rings. The Hall–Kier alpha value is -3.47. The standard InChI is InChI=1S/C20H16N4O/c1-13-7-8-21-12-18(13)24-20(25)17-11-23-19-16(17)9-15(10-22-19)14-5-3-2-4-6-14/h2-12H,1H3,(H,22,23)(H,24,25). The van der Waals surface area contributed by atoms with Crippen molar-refractivity contribution in [3.8, 4) is 11.1 Å². The van der Waals surface area contributed by atoms with Gasteiger partial charge in [0.2, 0.25) is 0 Å². The second-order valence-electron chi connectivity index (χ2n) is 5.83. The average molecular weight is 328 g/mol. The van der Waals surface area contributed by atoms with Crippen LogP contribution < -0.4 is 5.32 Å². The van der Waals surface area contributed by atoms with Crippen LogP contribution in [0.1, 0.15) is 15.9 Å². The smallest absolute Gasteiger partial charge is 0.257 e. The molecule has 0 unspecified atom stereocenters. The van der Waals surface area contributed by atoms with Gasteiger partial charge in [-0.15, -0.1) is 0 Å². The van der Waals surface area contributed by atoms with E-state index in [1.807, 2.05) is 49.4 Å². The maximum Gasteiger partial charge on any atom is 0.257 e. The van der Waals surface area contributed by atoms with E-state index in [1.165, 1.54) is 0 Å². The molecule has 0 saturated heterocycles. The lowest BCUT2D eigenvalue weighted by Gasteiger charge is -2.07. The first-order chi connectivity index (χ1) is 12.2. The Morgan fingerprint density at radius 1 is 1.08 bits per heavy atom. The molecule has 0 spiro atoms. The molecule has 0 aliphatic carbocycles. The van der Waals surface area contributed by atoms with Gasteiger partial charge < -0.3 is 10.3 Å². The number of benzene rings is 1. The predicted molar refractivity (Wildman–Crippen MR) is 98.5 cm³/mol. The van der Waals surface area contributed by atoms with Crippen LogP contribution in [0.2, 0.25) is 0 Å². The zero-order valence-corrected chi connectivity index (χ0v) is 13.7. The van der Waals surface area contributed by atoms with Crippen molar-refractivity contribution < 1.29 is 4.79 Å². The van der Waals surface area contributed by atoms with Crippen molar-refractivity contribution >= 4 is 22.6 Å². The summed E-state index contributed by atoms with van der Waals surface area (Å²) >= 11 is 0. The fourth-order valence-corrected chi connectivity index (χ4v) is 2.76. The second-order valence-corrected chi connectivity index (χ2v) is 5.83. The van der Waals surface area contributed by atoms with Gasteiger partial charge in [-0.05, 0) is 30.2 Å². The molecule has 0 aliphatic heterocycles. The fraction of sp³-hybridized carbons (Fsp3) is 0.0500. The van der Waals surface area contributed by atoms with Gasteiger partial charge in [-0.1, -0.05) is 30.3 Å². The molecule has 2 N–H and O–H groups in total. The number of nitrogens with zero attached hydrogens (tertiary/aromatic N) is 2. The quantitative estimate of drug-likeness (QED) is 0.592. The van der Waals surface area contributed by atoms with E-state index in [1.54, 1.807) is 24.8 Å². The van der Waals surface area contributed by atoms with Crippen molar-refractivity contribution in [2.24, 2.45) is 0 Å². The van der Waals surface area contributed by atoms with Gasteiger partial charge in [0.05, 0.1) is 17.4 Å². The lowest BCUT2D eigenvalue weighted by molar-refractivity contribution is 0.102. The largest absolute Gasteiger partial charge is 0.345 e. The number of aromatic nitrogens is 3. The first-order valence-corrected chi connectivity index (χ1v) is 7.97. The Balaban J connectivity index is 1.72. The topological polar surface area (TPSA) is 70.7 Å². The van der Waals surface area contributed by atoms with E-state index < -0.39 is 0 Å². The normalized spacial score (nSPS) is 10.8. The van der Waals surface area contributed by atoms with E-state index in [9.17, 15) is 4.79 Å². The fourth-order valence-electron chi connectivity index (χ4n) is 2.76. The molecule has 3 aromatic heterocycles. The molecule has 5 heteroatoms. The maximum atomic E-state index is 12.7. The van der Waals surface area contributed by atoms with Gasteiger partial charge in [0.25, 0.3) is 5.91 Å². The molecule has 0 fully saturated rings. The van der Waals surface area contributed by atoms with Crippen molar-refractivity contribution in [3.05, 3.63) is 78.4 Å². The molecule has 4 aromatic rings. The van der Waals surface area contributed by atoms with Crippen molar-refractivity contribution in [1.29, 1.82) is 0 Å². The van der Waals surface area contributed by atoms with E-state index in [0.29, 0.717) is 16.9 Å². The lowest BCUT2D eigenvalue weighted by atomic mass is 10.1. The number of fused-ring (bicyclic) bond motifs is 1. The molecule has 4 rings (SSSR count). The van der Waals surface area contributed by atoms with E-state index in [0.717, 1.165) is 22.1 Å². The molecule has 0 radical (unpaired) electrons. The summed E-state index contributed by atoms with van der Waals surface area (Å²) in [5.74, 6) is -0.186. The third-order valence-corrected chi connectivity index (χ3v) is 4.17. The predicted octanol–water partition coefficient (Wildman–Crippen LogP) is 4.19. The van der Waals surface area contributed by atoms with Crippen LogP contribution in [-0.2, 0) is 0 Å². The number of amides is 1. The summed E-state index contributed by atoms with van der Waals surface area (Å²) in [6.07, 6.45) is 6.84. The third kappa shape index (κ3) is 2.87. The van der Waals surface area contributed by atoms with Crippen LogP contribution in [0.3, 0.4) is 0 Å². The number of anilines is 1. The highest BCUT2D eigenvalue weighted by Gasteiger charge is 2.14. The van der Waals surface area contributed by atoms with Gasteiger partial charge in [0, 0.05) is 29.5 Å². The number of H-pyrrole nitrogens is 1. The minimum Gasteiger partial charge on any atom is -0.345 e. The summed E-state index contributed by atoms with van der Waals surface area (Å²) in [5, 5.41) is 3.71. The zero-order valence-electron chi connectivity index (χ0n) is 13.7. The maximum absolute atomic E-state index is 12.7. The molecule has 0 bridgehead atoms. The highest BCUT2D eigenvalue weighted by molar-refractivity contribution is 6.12. The summed E-state index contributed by atoms with van der Waals surface area (Å²) in [6.45, 7) is 1.93. The minimum absolute atomic E-state index is 0.186. The van der Waals surface area contributed by atoms with Gasteiger partial charge in [-0.25, -0.2) is 4.98 Å². The van der Waals surface area contributed by atoms with Crippen molar-refractivity contribution in [2.45, 2.75) is 6.92 Å². The van der Waals surface area contributed by atoms with Crippen LogP contribution in [0.5, 0.6) is 0 Å². The van der Waals surface area contributed by atoms with Crippen molar-refractivity contribution in [2.75, 3.05) is 5.32 Å². The Morgan fingerprint density at radius 3 is 2.72 bits per heavy atom.